The molecule has 0 aliphatic rings. The molecule has 20 heavy (non-hydrogen) atoms. The second-order valence-corrected chi connectivity index (χ2v) is 5.13. The molecule has 0 saturated carbocycles. The van der Waals surface area contributed by atoms with Gasteiger partial charge in [-0.25, -0.2) is 9.78 Å². The normalized spacial score (nSPS) is 10.1. The average Bonchev–Trinajstić information content (AvgIpc) is 2.74. The smallest absolute Gasteiger partial charge is 0.321 e. The molecule has 110 valence electrons. The Kier molecular flexibility index (Phi) is 6.65. The number of nitrogens with zero attached hydrogens (tertiary/aromatic N) is 1. The molecule has 0 aliphatic heterocycles. The molecule has 1 heterocycles. The summed E-state index contributed by atoms with van der Waals surface area (Å²) < 4.78 is 0. The molecule has 0 bridgehead atoms. The van der Waals surface area contributed by atoms with Gasteiger partial charge in [0.2, 0.25) is 5.91 Å². The lowest BCUT2D eigenvalue weighted by Gasteiger charge is -2.05. The van der Waals surface area contributed by atoms with Gasteiger partial charge in [-0.1, -0.05) is 0 Å². The van der Waals surface area contributed by atoms with Crippen LogP contribution < -0.4 is 10.6 Å². The van der Waals surface area contributed by atoms with E-state index < -0.39 is 17.9 Å². The summed E-state index contributed by atoms with van der Waals surface area (Å²) in [5.41, 5.74) is 0.947. The van der Waals surface area contributed by atoms with Gasteiger partial charge in [-0.15, -0.1) is 11.3 Å². The molecular weight excluding hydrogens is 282 g/mol. The van der Waals surface area contributed by atoms with Crippen LogP contribution in [0.5, 0.6) is 0 Å². The molecule has 3 N–H and O–H groups in total. The Hall–Kier alpha value is -1.96. The number of imide groups is 1. The van der Waals surface area contributed by atoms with E-state index >= 15 is 0 Å². The molecule has 0 fully saturated rings. The standard InChI is InChI=1S/C12H17N3O4S/c1-8-7-20-10(14-8)5-6-13-12(19)15-9(16)3-2-4-11(17)18/h7H,2-6H2,1H3,(H,17,18)(H2,13,15,16,19). The Morgan fingerprint density at radius 2 is 2.10 bits per heavy atom. The van der Waals surface area contributed by atoms with E-state index in [1.54, 1.807) is 0 Å². The number of hydrogen-bond donors (Lipinski definition) is 3. The first-order valence-corrected chi connectivity index (χ1v) is 7.06. The summed E-state index contributed by atoms with van der Waals surface area (Å²) in [4.78, 5) is 37.2. The van der Waals surface area contributed by atoms with Crippen molar-refractivity contribution >= 4 is 29.2 Å². The molecule has 0 aromatic carbocycles. The lowest BCUT2D eigenvalue weighted by atomic mass is 10.2. The molecule has 1 aromatic heterocycles. The predicted octanol–water partition coefficient (Wildman–Crippen LogP) is 1.07. The van der Waals surface area contributed by atoms with Gasteiger partial charge in [0.15, 0.2) is 0 Å². The largest absolute Gasteiger partial charge is 0.481 e. The van der Waals surface area contributed by atoms with Gasteiger partial charge in [-0.3, -0.25) is 14.9 Å². The molecule has 1 aromatic rings. The molecule has 1 rings (SSSR count). The van der Waals surface area contributed by atoms with E-state index in [1.807, 2.05) is 12.3 Å². The molecule has 8 heteroatoms. The van der Waals surface area contributed by atoms with Gasteiger partial charge in [0.25, 0.3) is 0 Å². The number of hydrogen-bond acceptors (Lipinski definition) is 5. The Labute approximate surface area is 120 Å². The third-order valence-corrected chi connectivity index (χ3v) is 3.36. The van der Waals surface area contributed by atoms with Crippen molar-refractivity contribution in [1.82, 2.24) is 15.6 Å². The first-order valence-electron chi connectivity index (χ1n) is 6.18. The highest BCUT2D eigenvalue weighted by Crippen LogP contribution is 2.08. The number of nitrogens with one attached hydrogen (secondary N) is 2. The third kappa shape index (κ3) is 6.83. The van der Waals surface area contributed by atoms with E-state index in [2.05, 4.69) is 15.6 Å². The van der Waals surface area contributed by atoms with E-state index in [9.17, 15) is 14.4 Å². The van der Waals surface area contributed by atoms with Crippen molar-refractivity contribution in [2.45, 2.75) is 32.6 Å². The van der Waals surface area contributed by atoms with Crippen LogP contribution in [-0.4, -0.2) is 34.5 Å². The summed E-state index contributed by atoms with van der Waals surface area (Å²) >= 11 is 1.52. The van der Waals surface area contributed by atoms with Crippen molar-refractivity contribution in [2.24, 2.45) is 0 Å². The first-order chi connectivity index (χ1) is 9.47. The minimum absolute atomic E-state index is 0.0192. The maximum absolute atomic E-state index is 11.4. The zero-order valence-electron chi connectivity index (χ0n) is 11.1. The number of carboxylic acids is 1. The summed E-state index contributed by atoms with van der Waals surface area (Å²) in [6, 6.07) is -0.571. The molecule has 0 atom stereocenters. The molecule has 0 radical (unpaired) electrons. The lowest BCUT2D eigenvalue weighted by molar-refractivity contribution is -0.137. The van der Waals surface area contributed by atoms with E-state index in [0.717, 1.165) is 10.7 Å². The Bertz CT molecular complexity index is 487. The predicted molar refractivity (Wildman–Crippen MR) is 73.6 cm³/mol. The van der Waals surface area contributed by atoms with Crippen LogP contribution in [0, 0.1) is 6.92 Å². The summed E-state index contributed by atoms with van der Waals surface area (Å²) in [6.45, 7) is 2.29. The van der Waals surface area contributed by atoms with Crippen molar-refractivity contribution in [2.75, 3.05) is 6.54 Å². The van der Waals surface area contributed by atoms with E-state index in [0.29, 0.717) is 13.0 Å². The summed E-state index contributed by atoms with van der Waals surface area (Å²) in [5, 5.41) is 16.0. The fourth-order valence-corrected chi connectivity index (χ4v) is 2.21. The van der Waals surface area contributed by atoms with Crippen molar-refractivity contribution in [1.29, 1.82) is 0 Å². The van der Waals surface area contributed by atoms with Gasteiger partial charge in [0, 0.05) is 36.9 Å². The summed E-state index contributed by atoms with van der Waals surface area (Å²) in [6.07, 6.45) is 0.760. The topological polar surface area (TPSA) is 108 Å². The fraction of sp³-hybridized carbons (Fsp3) is 0.500. The summed E-state index contributed by atoms with van der Waals surface area (Å²) in [5.74, 6) is -1.44. The maximum Gasteiger partial charge on any atom is 0.321 e. The highest BCUT2D eigenvalue weighted by Gasteiger charge is 2.08. The number of aryl methyl sites for hydroxylation is 1. The van der Waals surface area contributed by atoms with Crippen LogP contribution in [0.2, 0.25) is 0 Å². The van der Waals surface area contributed by atoms with Gasteiger partial charge in [0.1, 0.15) is 0 Å². The molecule has 7 nitrogen and oxygen atoms in total. The Balaban J connectivity index is 2.13. The minimum Gasteiger partial charge on any atom is -0.481 e. The van der Waals surface area contributed by atoms with Crippen LogP contribution in [0.25, 0.3) is 0 Å². The van der Waals surface area contributed by atoms with Crippen molar-refractivity contribution in [3.63, 3.8) is 0 Å². The van der Waals surface area contributed by atoms with E-state index in [-0.39, 0.29) is 19.3 Å². The fourth-order valence-electron chi connectivity index (χ4n) is 1.43. The maximum atomic E-state index is 11.4. The van der Waals surface area contributed by atoms with Crippen LogP contribution in [0.4, 0.5) is 4.79 Å². The minimum atomic E-state index is -0.957. The van der Waals surface area contributed by atoms with Crippen molar-refractivity contribution in [3.8, 4) is 0 Å². The molecule has 0 aliphatic carbocycles. The van der Waals surface area contributed by atoms with Gasteiger partial charge < -0.3 is 10.4 Å². The summed E-state index contributed by atoms with van der Waals surface area (Å²) in [7, 11) is 0. The van der Waals surface area contributed by atoms with Gasteiger partial charge >= 0.3 is 12.0 Å². The third-order valence-electron chi connectivity index (χ3n) is 2.34. The Morgan fingerprint density at radius 3 is 2.70 bits per heavy atom. The van der Waals surface area contributed by atoms with Crippen LogP contribution in [0.1, 0.15) is 30.0 Å². The number of carbonyl (C=O) groups is 3. The SMILES string of the molecule is Cc1csc(CCNC(=O)NC(=O)CCCC(=O)O)n1. The van der Waals surface area contributed by atoms with Crippen LogP contribution >= 0.6 is 11.3 Å². The zero-order valence-corrected chi connectivity index (χ0v) is 12.0. The molecule has 0 spiro atoms. The molecular formula is C12H17N3O4S. The average molecular weight is 299 g/mol. The van der Waals surface area contributed by atoms with Crippen LogP contribution in [0.15, 0.2) is 5.38 Å². The number of aliphatic carboxylic acids is 1. The van der Waals surface area contributed by atoms with Crippen LogP contribution in [0.3, 0.4) is 0 Å². The van der Waals surface area contributed by atoms with Crippen molar-refractivity contribution in [3.05, 3.63) is 16.1 Å². The van der Waals surface area contributed by atoms with Gasteiger partial charge in [-0.05, 0) is 13.3 Å². The molecule has 3 amide bonds. The number of carbonyl (C=O) groups excluding carboxylic acids is 2. The number of aromatic nitrogens is 1. The number of carboxylic acid groups (broad SMARTS) is 1. The van der Waals surface area contributed by atoms with E-state index in [1.165, 1.54) is 11.3 Å². The second-order valence-electron chi connectivity index (χ2n) is 4.18. The molecule has 0 saturated heterocycles. The van der Waals surface area contributed by atoms with Gasteiger partial charge in [0.05, 0.1) is 5.01 Å². The zero-order chi connectivity index (χ0) is 15.0. The number of thiazole rings is 1. The number of rotatable bonds is 7. The number of urea groups is 1. The Morgan fingerprint density at radius 1 is 1.35 bits per heavy atom. The highest BCUT2D eigenvalue weighted by atomic mass is 32.1. The number of amides is 3. The van der Waals surface area contributed by atoms with Gasteiger partial charge in [-0.2, -0.15) is 0 Å². The lowest BCUT2D eigenvalue weighted by Crippen LogP contribution is -2.40. The van der Waals surface area contributed by atoms with E-state index in [4.69, 9.17) is 5.11 Å². The quantitative estimate of drug-likeness (QED) is 0.698. The highest BCUT2D eigenvalue weighted by molar-refractivity contribution is 7.09. The molecule has 0 unspecified atom stereocenters. The first kappa shape index (κ1) is 16.1. The van der Waals surface area contributed by atoms with Crippen LogP contribution in [-0.2, 0) is 16.0 Å². The second kappa shape index (κ2) is 8.26. The monoisotopic (exact) mass is 299 g/mol. The van der Waals surface area contributed by atoms with Crippen molar-refractivity contribution < 1.29 is 19.5 Å².